The molecule has 0 saturated heterocycles. The quantitative estimate of drug-likeness (QED) is 0.490. The molecule has 0 radical (unpaired) electrons. The van der Waals surface area contributed by atoms with Crippen molar-refractivity contribution in [2.24, 2.45) is 0 Å². The van der Waals surface area contributed by atoms with Crippen molar-refractivity contribution in [3.8, 4) is 5.75 Å². The Morgan fingerprint density at radius 3 is 2.30 bits per heavy atom. The van der Waals surface area contributed by atoms with Gasteiger partial charge in [-0.25, -0.2) is 9.67 Å². The van der Waals surface area contributed by atoms with E-state index < -0.39 is 0 Å². The Balaban J connectivity index is 1.26. The largest absolute Gasteiger partial charge is 0.489 e. The minimum atomic E-state index is -0.105. The van der Waals surface area contributed by atoms with Crippen LogP contribution in [0.4, 0.5) is 0 Å². The lowest BCUT2D eigenvalue weighted by atomic mass is 10.1. The maximum absolute atomic E-state index is 12.4. The first-order valence-corrected chi connectivity index (χ1v) is 9.71. The summed E-state index contributed by atoms with van der Waals surface area (Å²) in [6, 6.07) is 25.3. The van der Waals surface area contributed by atoms with Crippen LogP contribution >= 0.6 is 0 Å². The molecule has 4 rings (SSSR count). The molecular formula is C24H22N4O2. The molecule has 1 heterocycles. The Morgan fingerprint density at radius 1 is 0.867 bits per heavy atom. The highest BCUT2D eigenvalue weighted by Gasteiger charge is 2.06. The maximum Gasteiger partial charge on any atom is 0.251 e. The van der Waals surface area contributed by atoms with Crippen molar-refractivity contribution < 1.29 is 9.53 Å². The van der Waals surface area contributed by atoms with Crippen molar-refractivity contribution in [3.63, 3.8) is 0 Å². The number of carbonyl (C=O) groups excluding carboxylic acids is 1. The zero-order valence-electron chi connectivity index (χ0n) is 16.4. The number of ether oxygens (including phenoxy) is 1. The molecule has 6 heteroatoms. The lowest BCUT2D eigenvalue weighted by molar-refractivity contribution is 0.0951. The molecule has 150 valence electrons. The Bertz CT molecular complexity index is 1060. The Morgan fingerprint density at radius 2 is 1.60 bits per heavy atom. The van der Waals surface area contributed by atoms with Gasteiger partial charge >= 0.3 is 0 Å². The molecule has 0 saturated carbocycles. The molecule has 30 heavy (non-hydrogen) atoms. The van der Waals surface area contributed by atoms with Crippen molar-refractivity contribution in [2.75, 3.05) is 0 Å². The molecule has 0 aliphatic rings. The molecule has 0 aliphatic heterocycles. The summed E-state index contributed by atoms with van der Waals surface area (Å²) in [6.07, 6.45) is 3.17. The molecular weight excluding hydrogens is 376 g/mol. The number of benzene rings is 3. The molecule has 1 amide bonds. The van der Waals surface area contributed by atoms with E-state index in [0.29, 0.717) is 25.3 Å². The second-order valence-electron chi connectivity index (χ2n) is 6.89. The third-order valence-corrected chi connectivity index (χ3v) is 4.65. The van der Waals surface area contributed by atoms with E-state index >= 15 is 0 Å². The highest BCUT2D eigenvalue weighted by molar-refractivity contribution is 5.94. The molecule has 0 atom stereocenters. The number of carbonyl (C=O) groups is 1. The van der Waals surface area contributed by atoms with Crippen LogP contribution in [0.3, 0.4) is 0 Å². The molecule has 1 N–H and O–H groups in total. The molecule has 4 aromatic rings. The SMILES string of the molecule is O=C(NCc1ccc(OCc2ccccc2)cc1)c1ccc(Cn2cncn2)cc1. The van der Waals surface area contributed by atoms with Gasteiger partial charge in [0.25, 0.3) is 5.91 Å². The first-order valence-electron chi connectivity index (χ1n) is 9.71. The summed E-state index contributed by atoms with van der Waals surface area (Å²) in [5, 5.41) is 7.03. The van der Waals surface area contributed by atoms with E-state index in [4.69, 9.17) is 4.74 Å². The first kappa shape index (κ1) is 19.4. The van der Waals surface area contributed by atoms with Crippen LogP contribution in [0, 0.1) is 0 Å². The smallest absolute Gasteiger partial charge is 0.251 e. The summed E-state index contributed by atoms with van der Waals surface area (Å²) in [5.41, 5.74) is 3.82. The van der Waals surface area contributed by atoms with Crippen molar-refractivity contribution in [1.82, 2.24) is 20.1 Å². The van der Waals surface area contributed by atoms with E-state index in [0.717, 1.165) is 22.4 Å². The number of rotatable bonds is 8. The van der Waals surface area contributed by atoms with E-state index in [-0.39, 0.29) is 5.91 Å². The molecule has 0 aliphatic carbocycles. The number of nitrogens with one attached hydrogen (secondary N) is 1. The van der Waals surface area contributed by atoms with E-state index in [1.165, 1.54) is 6.33 Å². The second kappa shape index (κ2) is 9.52. The van der Waals surface area contributed by atoms with E-state index in [2.05, 4.69) is 15.4 Å². The zero-order chi connectivity index (χ0) is 20.6. The Kier molecular flexibility index (Phi) is 6.15. The van der Waals surface area contributed by atoms with Crippen LogP contribution < -0.4 is 10.1 Å². The topological polar surface area (TPSA) is 69.0 Å². The summed E-state index contributed by atoms with van der Waals surface area (Å²) in [7, 11) is 0. The molecule has 0 unspecified atom stereocenters. The summed E-state index contributed by atoms with van der Waals surface area (Å²) in [4.78, 5) is 16.3. The molecule has 0 fully saturated rings. The van der Waals surface area contributed by atoms with Crippen molar-refractivity contribution >= 4 is 5.91 Å². The minimum Gasteiger partial charge on any atom is -0.489 e. The monoisotopic (exact) mass is 398 g/mol. The normalized spacial score (nSPS) is 10.5. The second-order valence-corrected chi connectivity index (χ2v) is 6.89. The third kappa shape index (κ3) is 5.32. The van der Waals surface area contributed by atoms with Crippen LogP contribution in [0.1, 0.15) is 27.0 Å². The Hall–Kier alpha value is -3.93. The van der Waals surface area contributed by atoms with E-state index in [1.807, 2.05) is 78.9 Å². The lowest BCUT2D eigenvalue weighted by Gasteiger charge is -2.09. The van der Waals surface area contributed by atoms with Crippen LogP contribution in [0.15, 0.2) is 91.5 Å². The van der Waals surface area contributed by atoms with Gasteiger partial charge in [-0.1, -0.05) is 54.6 Å². The summed E-state index contributed by atoms with van der Waals surface area (Å²) >= 11 is 0. The summed E-state index contributed by atoms with van der Waals surface area (Å²) in [5.74, 6) is 0.698. The average molecular weight is 398 g/mol. The standard InChI is InChI=1S/C24H22N4O2/c29-24(22-10-6-20(7-11-22)15-28-18-25-17-27-28)26-14-19-8-12-23(13-9-19)30-16-21-4-2-1-3-5-21/h1-13,17-18H,14-16H2,(H,26,29). The number of aromatic nitrogens is 3. The van der Waals surface area contributed by atoms with Gasteiger partial charge in [-0.3, -0.25) is 4.79 Å². The number of amides is 1. The van der Waals surface area contributed by atoms with Crippen molar-refractivity contribution in [1.29, 1.82) is 0 Å². The number of hydrogen-bond donors (Lipinski definition) is 1. The van der Waals surface area contributed by atoms with Gasteiger partial charge in [0.2, 0.25) is 0 Å². The van der Waals surface area contributed by atoms with Crippen molar-refractivity contribution in [2.45, 2.75) is 19.7 Å². The number of nitrogens with zero attached hydrogens (tertiary/aromatic N) is 3. The van der Waals surface area contributed by atoms with Gasteiger partial charge in [-0.15, -0.1) is 0 Å². The maximum atomic E-state index is 12.4. The molecule has 3 aromatic carbocycles. The fourth-order valence-corrected chi connectivity index (χ4v) is 2.99. The average Bonchev–Trinajstić information content (AvgIpc) is 3.31. The molecule has 1 aromatic heterocycles. The molecule has 0 spiro atoms. The van der Waals surface area contributed by atoms with Gasteiger partial charge in [0.1, 0.15) is 25.0 Å². The van der Waals surface area contributed by atoms with Crippen LogP contribution in [0.2, 0.25) is 0 Å². The van der Waals surface area contributed by atoms with Gasteiger partial charge in [0.15, 0.2) is 0 Å². The van der Waals surface area contributed by atoms with Crippen LogP contribution in [-0.2, 0) is 19.7 Å². The lowest BCUT2D eigenvalue weighted by Crippen LogP contribution is -2.22. The van der Waals surface area contributed by atoms with Gasteiger partial charge in [0, 0.05) is 12.1 Å². The predicted octanol–water partition coefficient (Wildman–Crippen LogP) is 3.84. The fraction of sp³-hybridized carbons (Fsp3) is 0.125. The third-order valence-electron chi connectivity index (χ3n) is 4.65. The Labute approximate surface area is 175 Å². The van der Waals surface area contributed by atoms with Crippen molar-refractivity contribution in [3.05, 3.63) is 114 Å². The molecule has 6 nitrogen and oxygen atoms in total. The van der Waals surface area contributed by atoms with Crippen LogP contribution in [0.5, 0.6) is 5.75 Å². The van der Waals surface area contributed by atoms with Gasteiger partial charge < -0.3 is 10.1 Å². The minimum absolute atomic E-state index is 0.105. The highest BCUT2D eigenvalue weighted by atomic mass is 16.5. The summed E-state index contributed by atoms with van der Waals surface area (Å²) < 4.78 is 7.53. The van der Waals surface area contributed by atoms with Gasteiger partial charge in [-0.05, 0) is 41.0 Å². The number of hydrogen-bond acceptors (Lipinski definition) is 4. The van der Waals surface area contributed by atoms with Gasteiger partial charge in [0.05, 0.1) is 6.54 Å². The predicted molar refractivity (Wildman–Crippen MR) is 114 cm³/mol. The molecule has 0 bridgehead atoms. The van der Waals surface area contributed by atoms with E-state index in [1.54, 1.807) is 11.0 Å². The fourth-order valence-electron chi connectivity index (χ4n) is 2.99. The highest BCUT2D eigenvalue weighted by Crippen LogP contribution is 2.14. The van der Waals surface area contributed by atoms with Crippen LogP contribution in [-0.4, -0.2) is 20.7 Å². The first-order chi connectivity index (χ1) is 14.8. The van der Waals surface area contributed by atoms with E-state index in [9.17, 15) is 4.79 Å². The summed E-state index contributed by atoms with van der Waals surface area (Å²) in [6.45, 7) is 1.61. The zero-order valence-corrected chi connectivity index (χ0v) is 16.4. The van der Waals surface area contributed by atoms with Crippen LogP contribution in [0.25, 0.3) is 0 Å². The van der Waals surface area contributed by atoms with Gasteiger partial charge in [-0.2, -0.15) is 5.10 Å².